The number of aromatic nitrogens is 4. The molecule has 0 aliphatic rings. The van der Waals surface area contributed by atoms with Crippen LogP contribution >= 0.6 is 0 Å². The lowest BCUT2D eigenvalue weighted by Crippen LogP contribution is -1.98. The molecule has 0 unspecified atom stereocenters. The fourth-order valence-corrected chi connectivity index (χ4v) is 1.88. The number of nitrogen functional groups attached to an aromatic ring is 1. The van der Waals surface area contributed by atoms with E-state index in [1.165, 1.54) is 23.0 Å². The topological polar surface area (TPSA) is 82.8 Å². The molecule has 0 saturated heterocycles. The minimum absolute atomic E-state index is 0.0930. The molecule has 21 heavy (non-hydrogen) atoms. The first kappa shape index (κ1) is 13.2. The van der Waals surface area contributed by atoms with E-state index in [1.807, 2.05) is 0 Å². The highest BCUT2D eigenvalue weighted by molar-refractivity contribution is 5.66. The quantitative estimate of drug-likeness (QED) is 0.797. The highest BCUT2D eigenvalue weighted by atomic mass is 19.1. The second kappa shape index (κ2) is 4.97. The average molecular weight is 291 g/mol. The van der Waals surface area contributed by atoms with Gasteiger partial charge in [-0.1, -0.05) is 11.2 Å². The Balaban J connectivity index is 1.87. The average Bonchev–Trinajstić information content (AvgIpc) is 3.02. The van der Waals surface area contributed by atoms with Crippen LogP contribution in [-0.2, 0) is 13.5 Å². The highest BCUT2D eigenvalue weighted by Crippen LogP contribution is 2.23. The molecule has 0 bridgehead atoms. The summed E-state index contributed by atoms with van der Waals surface area (Å²) in [7, 11) is 1.68. The maximum atomic E-state index is 13.6. The van der Waals surface area contributed by atoms with Gasteiger partial charge in [0.25, 0.3) is 5.89 Å². The molecule has 0 amide bonds. The van der Waals surface area contributed by atoms with Crippen molar-refractivity contribution in [2.75, 3.05) is 5.73 Å². The van der Waals surface area contributed by atoms with Crippen molar-refractivity contribution in [3.05, 3.63) is 47.4 Å². The zero-order valence-electron chi connectivity index (χ0n) is 11.0. The summed E-state index contributed by atoms with van der Waals surface area (Å²) in [6.45, 7) is 0. The van der Waals surface area contributed by atoms with E-state index in [2.05, 4.69) is 15.2 Å². The van der Waals surface area contributed by atoms with Crippen LogP contribution < -0.4 is 5.73 Å². The highest BCUT2D eigenvalue weighted by Gasteiger charge is 2.16. The van der Waals surface area contributed by atoms with Crippen LogP contribution in [0.25, 0.3) is 11.5 Å². The van der Waals surface area contributed by atoms with Crippen molar-refractivity contribution >= 4 is 5.82 Å². The molecule has 0 fully saturated rings. The number of rotatable bonds is 3. The standard InChI is InChI=1S/C13H11F2N5O/c1-20-12(16)9(6-17-20)13-18-11(19-21-13)4-7-2-3-8(14)5-10(7)15/h2-3,5-6H,4,16H2,1H3. The van der Waals surface area contributed by atoms with Gasteiger partial charge in [0.1, 0.15) is 23.0 Å². The van der Waals surface area contributed by atoms with Gasteiger partial charge in [-0.05, 0) is 11.6 Å². The fraction of sp³-hybridized carbons (Fsp3) is 0.154. The minimum Gasteiger partial charge on any atom is -0.383 e. The van der Waals surface area contributed by atoms with E-state index >= 15 is 0 Å². The summed E-state index contributed by atoms with van der Waals surface area (Å²) < 4.78 is 33.0. The first-order chi connectivity index (χ1) is 10.0. The Labute approximate surface area is 118 Å². The second-order valence-electron chi connectivity index (χ2n) is 4.50. The lowest BCUT2D eigenvalue weighted by atomic mass is 10.1. The van der Waals surface area contributed by atoms with Gasteiger partial charge in [0, 0.05) is 19.5 Å². The third kappa shape index (κ3) is 2.47. The van der Waals surface area contributed by atoms with Crippen molar-refractivity contribution < 1.29 is 13.3 Å². The van der Waals surface area contributed by atoms with Crippen LogP contribution in [0.5, 0.6) is 0 Å². The molecule has 1 aromatic carbocycles. The molecule has 8 heteroatoms. The Morgan fingerprint density at radius 1 is 1.33 bits per heavy atom. The van der Waals surface area contributed by atoms with Crippen molar-refractivity contribution in [2.24, 2.45) is 7.05 Å². The molecule has 2 N–H and O–H groups in total. The van der Waals surface area contributed by atoms with Crippen LogP contribution in [0.2, 0.25) is 0 Å². The summed E-state index contributed by atoms with van der Waals surface area (Å²) in [4.78, 5) is 4.14. The largest absolute Gasteiger partial charge is 0.383 e. The lowest BCUT2D eigenvalue weighted by Gasteiger charge is -1.99. The molecule has 0 aliphatic heterocycles. The van der Waals surface area contributed by atoms with Gasteiger partial charge >= 0.3 is 0 Å². The van der Waals surface area contributed by atoms with Crippen molar-refractivity contribution in [3.8, 4) is 11.5 Å². The lowest BCUT2D eigenvalue weighted by molar-refractivity contribution is 0.423. The van der Waals surface area contributed by atoms with E-state index in [4.69, 9.17) is 10.3 Å². The van der Waals surface area contributed by atoms with Gasteiger partial charge in [-0.25, -0.2) is 8.78 Å². The number of halogens is 2. The summed E-state index contributed by atoms with van der Waals surface area (Å²) in [5.74, 6) is -0.412. The molecule has 108 valence electrons. The van der Waals surface area contributed by atoms with Gasteiger partial charge in [-0.3, -0.25) is 4.68 Å². The number of nitrogens with zero attached hydrogens (tertiary/aromatic N) is 4. The van der Waals surface area contributed by atoms with Gasteiger partial charge < -0.3 is 10.3 Å². The van der Waals surface area contributed by atoms with E-state index in [9.17, 15) is 8.78 Å². The Hall–Kier alpha value is -2.77. The van der Waals surface area contributed by atoms with Crippen LogP contribution in [-0.4, -0.2) is 19.9 Å². The van der Waals surface area contributed by atoms with Gasteiger partial charge in [-0.2, -0.15) is 10.1 Å². The second-order valence-corrected chi connectivity index (χ2v) is 4.50. The minimum atomic E-state index is -0.651. The van der Waals surface area contributed by atoms with Crippen LogP contribution in [0.15, 0.2) is 28.9 Å². The SMILES string of the molecule is Cn1ncc(-c2nc(Cc3ccc(F)cc3F)no2)c1N. The van der Waals surface area contributed by atoms with Crippen LogP contribution in [0.3, 0.4) is 0 Å². The molecular formula is C13H11F2N5O. The summed E-state index contributed by atoms with van der Waals surface area (Å²) in [6.07, 6.45) is 1.60. The molecule has 2 aromatic heterocycles. The molecule has 6 nitrogen and oxygen atoms in total. The third-order valence-corrected chi connectivity index (χ3v) is 3.05. The number of hydrogen-bond acceptors (Lipinski definition) is 5. The predicted molar refractivity (Wildman–Crippen MR) is 70.1 cm³/mol. The van der Waals surface area contributed by atoms with Crippen LogP contribution in [0, 0.1) is 11.6 Å². The number of aryl methyl sites for hydroxylation is 1. The molecule has 2 heterocycles. The van der Waals surface area contributed by atoms with Crippen molar-refractivity contribution in [1.29, 1.82) is 0 Å². The van der Waals surface area contributed by atoms with Gasteiger partial charge in [0.2, 0.25) is 0 Å². The monoisotopic (exact) mass is 291 g/mol. The molecule has 3 aromatic rings. The molecule has 0 radical (unpaired) electrons. The maximum Gasteiger partial charge on any atom is 0.263 e. The first-order valence-electron chi connectivity index (χ1n) is 6.09. The van der Waals surface area contributed by atoms with Crippen LogP contribution in [0.4, 0.5) is 14.6 Å². The molecule has 0 spiro atoms. The number of hydrogen-bond donors (Lipinski definition) is 1. The number of benzene rings is 1. The Kier molecular flexibility index (Phi) is 3.13. The fourth-order valence-electron chi connectivity index (χ4n) is 1.88. The van der Waals surface area contributed by atoms with Gasteiger partial charge in [0.05, 0.1) is 6.20 Å². The summed E-state index contributed by atoms with van der Waals surface area (Å²) in [5.41, 5.74) is 6.60. The van der Waals surface area contributed by atoms with E-state index in [0.29, 0.717) is 11.4 Å². The molecule has 0 atom stereocenters. The van der Waals surface area contributed by atoms with E-state index in [-0.39, 0.29) is 23.7 Å². The Morgan fingerprint density at radius 2 is 2.14 bits per heavy atom. The molecular weight excluding hydrogens is 280 g/mol. The summed E-state index contributed by atoms with van der Waals surface area (Å²) in [5, 5.41) is 7.73. The number of anilines is 1. The Morgan fingerprint density at radius 3 is 2.81 bits per heavy atom. The normalized spacial score (nSPS) is 11.0. The third-order valence-electron chi connectivity index (χ3n) is 3.05. The van der Waals surface area contributed by atoms with Crippen LogP contribution in [0.1, 0.15) is 11.4 Å². The first-order valence-corrected chi connectivity index (χ1v) is 6.09. The maximum absolute atomic E-state index is 13.6. The van der Waals surface area contributed by atoms with Gasteiger partial charge in [0.15, 0.2) is 5.82 Å². The zero-order chi connectivity index (χ0) is 15.0. The molecule has 3 rings (SSSR count). The zero-order valence-corrected chi connectivity index (χ0v) is 11.0. The van der Waals surface area contributed by atoms with E-state index < -0.39 is 11.6 Å². The van der Waals surface area contributed by atoms with Crippen molar-refractivity contribution in [2.45, 2.75) is 6.42 Å². The molecule has 0 aliphatic carbocycles. The Bertz CT molecular complexity index is 796. The summed E-state index contributed by atoms with van der Waals surface area (Å²) >= 11 is 0. The van der Waals surface area contributed by atoms with Crippen molar-refractivity contribution in [1.82, 2.24) is 19.9 Å². The van der Waals surface area contributed by atoms with Crippen molar-refractivity contribution in [3.63, 3.8) is 0 Å². The summed E-state index contributed by atoms with van der Waals surface area (Å²) in [6, 6.07) is 3.34. The smallest absolute Gasteiger partial charge is 0.263 e. The van der Waals surface area contributed by atoms with E-state index in [0.717, 1.165) is 6.07 Å². The van der Waals surface area contributed by atoms with Gasteiger partial charge in [-0.15, -0.1) is 0 Å². The number of nitrogens with two attached hydrogens (primary N) is 1. The molecule has 0 saturated carbocycles. The van der Waals surface area contributed by atoms with E-state index in [1.54, 1.807) is 7.05 Å². The predicted octanol–water partition coefficient (Wildman–Crippen LogP) is 1.92.